The molecule has 0 aliphatic rings. The highest BCUT2D eigenvalue weighted by Crippen LogP contribution is 2.25. The van der Waals surface area contributed by atoms with Gasteiger partial charge in [0.25, 0.3) is 0 Å². The summed E-state index contributed by atoms with van der Waals surface area (Å²) in [6, 6.07) is 7.36. The molecule has 4 nitrogen and oxygen atoms in total. The highest BCUT2D eigenvalue weighted by Gasteiger charge is 2.42. The van der Waals surface area contributed by atoms with E-state index in [1.165, 1.54) is 14.0 Å². The first-order valence-electron chi connectivity index (χ1n) is 4.96. The Bertz CT molecular complexity index is 427. The fraction of sp³-hybridized carbons (Fsp3) is 0.333. The van der Waals surface area contributed by atoms with Gasteiger partial charge in [-0.25, -0.2) is 0 Å². The first kappa shape index (κ1) is 14.0. The number of ether oxygens (including phenoxy) is 1. The second-order valence-electron chi connectivity index (χ2n) is 3.93. The molecule has 0 fully saturated rings. The van der Waals surface area contributed by atoms with Gasteiger partial charge in [-0.15, -0.1) is 0 Å². The quantitative estimate of drug-likeness (QED) is 0.514. The molecule has 0 amide bonds. The number of benzene rings is 1. The summed E-state index contributed by atoms with van der Waals surface area (Å²) in [6.45, 7) is 1.37. The number of carbonyl (C=O) groups excluding carboxylic acids is 1. The van der Waals surface area contributed by atoms with Crippen LogP contribution in [-0.2, 0) is 20.7 Å². The largest absolute Gasteiger partial charge is 0.480 e. The molecule has 1 unspecified atom stereocenters. The number of esters is 1. The standard InChI is InChI=1S/C12H13IO4/c1-12(10(14)15,11(16)17-2)7-8-3-5-9(13)6-4-8/h3-6H,7H2,1-2H3,(H,14,15). The van der Waals surface area contributed by atoms with Crippen LogP contribution in [0.5, 0.6) is 0 Å². The van der Waals surface area contributed by atoms with Gasteiger partial charge in [-0.1, -0.05) is 12.1 Å². The fourth-order valence-corrected chi connectivity index (χ4v) is 1.83. The molecular weight excluding hydrogens is 335 g/mol. The van der Waals surface area contributed by atoms with E-state index in [9.17, 15) is 9.59 Å². The third-order valence-electron chi connectivity index (χ3n) is 2.58. The Morgan fingerprint density at radius 3 is 2.29 bits per heavy atom. The van der Waals surface area contributed by atoms with Gasteiger partial charge in [-0.05, 0) is 53.6 Å². The Morgan fingerprint density at radius 1 is 1.35 bits per heavy atom. The van der Waals surface area contributed by atoms with Crippen molar-refractivity contribution in [3.63, 3.8) is 0 Å². The topological polar surface area (TPSA) is 63.6 Å². The lowest BCUT2D eigenvalue weighted by atomic mass is 9.84. The van der Waals surface area contributed by atoms with Crippen molar-refractivity contribution in [1.82, 2.24) is 0 Å². The van der Waals surface area contributed by atoms with Crippen LogP contribution in [0.2, 0.25) is 0 Å². The lowest BCUT2D eigenvalue weighted by Gasteiger charge is -2.21. The molecule has 1 atom stereocenters. The minimum absolute atomic E-state index is 0.117. The average Bonchev–Trinajstić information content (AvgIpc) is 2.30. The molecule has 0 aliphatic carbocycles. The smallest absolute Gasteiger partial charge is 0.323 e. The average molecular weight is 348 g/mol. The SMILES string of the molecule is COC(=O)C(C)(Cc1ccc(I)cc1)C(=O)O. The van der Waals surface area contributed by atoms with Crippen LogP contribution in [0.3, 0.4) is 0 Å². The molecule has 0 saturated carbocycles. The predicted molar refractivity (Wildman–Crippen MR) is 70.6 cm³/mol. The van der Waals surface area contributed by atoms with Crippen molar-refractivity contribution in [2.24, 2.45) is 5.41 Å². The van der Waals surface area contributed by atoms with E-state index in [2.05, 4.69) is 27.3 Å². The Kier molecular flexibility index (Phi) is 4.50. The van der Waals surface area contributed by atoms with Gasteiger partial charge in [-0.2, -0.15) is 0 Å². The molecule has 0 aliphatic heterocycles. The zero-order valence-electron chi connectivity index (χ0n) is 9.57. The Labute approximate surface area is 113 Å². The molecule has 0 spiro atoms. The summed E-state index contributed by atoms with van der Waals surface area (Å²) in [5.74, 6) is -1.91. The third-order valence-corrected chi connectivity index (χ3v) is 3.30. The summed E-state index contributed by atoms with van der Waals surface area (Å²) in [5.41, 5.74) is -0.748. The first-order valence-corrected chi connectivity index (χ1v) is 6.04. The highest BCUT2D eigenvalue weighted by atomic mass is 127. The highest BCUT2D eigenvalue weighted by molar-refractivity contribution is 14.1. The third kappa shape index (κ3) is 3.18. The Balaban J connectivity index is 2.99. The molecule has 5 heteroatoms. The lowest BCUT2D eigenvalue weighted by molar-refractivity contribution is -0.165. The maximum atomic E-state index is 11.5. The van der Waals surface area contributed by atoms with Gasteiger partial charge in [0, 0.05) is 3.57 Å². The van der Waals surface area contributed by atoms with E-state index in [0.717, 1.165) is 9.13 Å². The number of hydrogen-bond acceptors (Lipinski definition) is 3. The van der Waals surface area contributed by atoms with E-state index in [1.54, 1.807) is 0 Å². The Hall–Kier alpha value is -1.11. The molecule has 1 N–H and O–H groups in total. The van der Waals surface area contributed by atoms with Gasteiger partial charge >= 0.3 is 11.9 Å². The number of rotatable bonds is 4. The fourth-order valence-electron chi connectivity index (χ4n) is 1.47. The molecule has 1 aromatic carbocycles. The lowest BCUT2D eigenvalue weighted by Crippen LogP contribution is -2.39. The number of methoxy groups -OCH3 is 1. The van der Waals surface area contributed by atoms with Crippen molar-refractivity contribution in [1.29, 1.82) is 0 Å². The summed E-state index contributed by atoms with van der Waals surface area (Å²) >= 11 is 2.16. The molecule has 0 radical (unpaired) electrons. The summed E-state index contributed by atoms with van der Waals surface area (Å²) in [7, 11) is 1.19. The normalized spacial score (nSPS) is 13.8. The van der Waals surface area contributed by atoms with Gasteiger partial charge < -0.3 is 9.84 Å². The van der Waals surface area contributed by atoms with E-state index >= 15 is 0 Å². The van der Waals surface area contributed by atoms with Crippen LogP contribution < -0.4 is 0 Å². The molecule has 0 bridgehead atoms. The minimum Gasteiger partial charge on any atom is -0.480 e. The van der Waals surface area contributed by atoms with Gasteiger partial charge in [0.15, 0.2) is 5.41 Å². The molecule has 1 aromatic rings. The van der Waals surface area contributed by atoms with Crippen molar-refractivity contribution >= 4 is 34.5 Å². The van der Waals surface area contributed by atoms with Crippen LogP contribution in [-0.4, -0.2) is 24.2 Å². The maximum Gasteiger partial charge on any atom is 0.323 e. The van der Waals surface area contributed by atoms with Gasteiger partial charge in [-0.3, -0.25) is 9.59 Å². The predicted octanol–water partition coefficient (Wildman–Crippen LogP) is 2.10. The number of carboxylic acids is 1. The van der Waals surface area contributed by atoms with Crippen LogP contribution in [0.15, 0.2) is 24.3 Å². The summed E-state index contributed by atoms with van der Waals surface area (Å²) in [5, 5.41) is 9.15. The van der Waals surface area contributed by atoms with E-state index in [1.807, 2.05) is 24.3 Å². The van der Waals surface area contributed by atoms with Crippen LogP contribution in [0.4, 0.5) is 0 Å². The second-order valence-corrected chi connectivity index (χ2v) is 5.18. The maximum absolute atomic E-state index is 11.5. The van der Waals surface area contributed by atoms with Gasteiger partial charge in [0.1, 0.15) is 0 Å². The number of carboxylic acid groups (broad SMARTS) is 1. The summed E-state index contributed by atoms with van der Waals surface area (Å²) in [6.07, 6.45) is 0.117. The molecule has 92 valence electrons. The van der Waals surface area contributed by atoms with Gasteiger partial charge in [0.05, 0.1) is 7.11 Å². The summed E-state index contributed by atoms with van der Waals surface area (Å²) < 4.78 is 5.61. The van der Waals surface area contributed by atoms with E-state index < -0.39 is 17.4 Å². The molecule has 0 heterocycles. The van der Waals surface area contributed by atoms with E-state index in [4.69, 9.17) is 5.11 Å². The molecule has 0 saturated heterocycles. The van der Waals surface area contributed by atoms with Crippen molar-refractivity contribution in [2.45, 2.75) is 13.3 Å². The number of hydrogen-bond donors (Lipinski definition) is 1. The number of aliphatic carboxylic acids is 1. The number of carbonyl (C=O) groups is 2. The van der Waals surface area contributed by atoms with Crippen LogP contribution in [0, 0.1) is 8.99 Å². The van der Waals surface area contributed by atoms with Crippen molar-refractivity contribution < 1.29 is 19.4 Å². The summed E-state index contributed by atoms with van der Waals surface area (Å²) in [4.78, 5) is 22.7. The van der Waals surface area contributed by atoms with Crippen molar-refractivity contribution in [3.8, 4) is 0 Å². The number of halogens is 1. The molecular formula is C12H13IO4. The molecule has 1 rings (SSSR count). The minimum atomic E-state index is -1.54. The Morgan fingerprint density at radius 2 is 1.88 bits per heavy atom. The van der Waals surface area contributed by atoms with Crippen LogP contribution in [0.1, 0.15) is 12.5 Å². The van der Waals surface area contributed by atoms with E-state index in [-0.39, 0.29) is 6.42 Å². The van der Waals surface area contributed by atoms with Gasteiger partial charge in [0.2, 0.25) is 0 Å². The second kappa shape index (κ2) is 5.48. The van der Waals surface area contributed by atoms with Crippen LogP contribution >= 0.6 is 22.6 Å². The van der Waals surface area contributed by atoms with Crippen molar-refractivity contribution in [2.75, 3.05) is 7.11 Å². The monoisotopic (exact) mass is 348 g/mol. The zero-order valence-corrected chi connectivity index (χ0v) is 11.7. The first-order chi connectivity index (χ1) is 7.90. The zero-order chi connectivity index (χ0) is 13.1. The van der Waals surface area contributed by atoms with E-state index in [0.29, 0.717) is 0 Å². The van der Waals surface area contributed by atoms with Crippen molar-refractivity contribution in [3.05, 3.63) is 33.4 Å². The molecule has 0 aromatic heterocycles. The molecule has 17 heavy (non-hydrogen) atoms. The van der Waals surface area contributed by atoms with Crippen LogP contribution in [0.25, 0.3) is 0 Å².